The van der Waals surface area contributed by atoms with Gasteiger partial charge in [0.1, 0.15) is 6.23 Å². The van der Waals surface area contributed by atoms with Crippen molar-refractivity contribution in [3.63, 3.8) is 0 Å². The number of hydrogen-bond donors (Lipinski definition) is 0. The number of hydrogen-bond acceptors (Lipinski definition) is 2. The van der Waals surface area contributed by atoms with Crippen LogP contribution in [0.25, 0.3) is 10.9 Å². The van der Waals surface area contributed by atoms with Gasteiger partial charge in [-0.2, -0.15) is 0 Å². The molecule has 0 spiro atoms. The Morgan fingerprint density at radius 3 is 2.88 bits per heavy atom. The highest BCUT2D eigenvalue weighted by molar-refractivity contribution is 5.90. The number of aliphatic imine (C=N–C) groups is 1. The summed E-state index contributed by atoms with van der Waals surface area (Å²) in [4.78, 5) is 4.10. The molecule has 3 heteroatoms. The zero-order valence-electron chi connectivity index (χ0n) is 10.6. The lowest BCUT2D eigenvalue weighted by Gasteiger charge is -2.17. The molecule has 90 valence electrons. The van der Waals surface area contributed by atoms with Gasteiger partial charge in [-0.15, -0.1) is 0 Å². The topological polar surface area (TPSA) is 26.5 Å². The van der Waals surface area contributed by atoms with Crippen LogP contribution in [0.5, 0.6) is 0 Å². The summed E-state index contributed by atoms with van der Waals surface area (Å²) >= 11 is 0. The number of benzene rings is 1. The minimum Gasteiger partial charge on any atom is -0.359 e. The standard InChI is InChI=1S/C14H18N2O/c1-4-17-11(2)16-13(10-15-3)9-12-7-5-6-8-14(12)16/h5-11H,4H2,1-3H3/b15-10+. The van der Waals surface area contributed by atoms with E-state index in [-0.39, 0.29) is 6.23 Å². The van der Waals surface area contributed by atoms with Crippen molar-refractivity contribution in [1.29, 1.82) is 0 Å². The summed E-state index contributed by atoms with van der Waals surface area (Å²) in [5, 5.41) is 1.22. The molecule has 0 aliphatic rings. The van der Waals surface area contributed by atoms with E-state index in [2.05, 4.69) is 34.7 Å². The van der Waals surface area contributed by atoms with Gasteiger partial charge in [0.05, 0.1) is 11.2 Å². The maximum atomic E-state index is 5.68. The summed E-state index contributed by atoms with van der Waals surface area (Å²) in [6.45, 7) is 4.77. The van der Waals surface area contributed by atoms with E-state index in [1.54, 1.807) is 7.05 Å². The molecule has 0 fully saturated rings. The third kappa shape index (κ3) is 2.24. The Morgan fingerprint density at radius 2 is 2.18 bits per heavy atom. The Labute approximate surface area is 102 Å². The molecule has 0 radical (unpaired) electrons. The lowest BCUT2D eigenvalue weighted by atomic mass is 10.2. The average Bonchev–Trinajstić information content (AvgIpc) is 2.67. The minimum absolute atomic E-state index is 0.0212. The first-order valence-electron chi connectivity index (χ1n) is 5.91. The van der Waals surface area contributed by atoms with Crippen molar-refractivity contribution in [2.24, 2.45) is 4.99 Å². The lowest BCUT2D eigenvalue weighted by Crippen LogP contribution is -2.11. The monoisotopic (exact) mass is 230 g/mol. The fraction of sp³-hybridized carbons (Fsp3) is 0.357. The third-order valence-corrected chi connectivity index (χ3v) is 2.81. The molecule has 0 bridgehead atoms. The van der Waals surface area contributed by atoms with Gasteiger partial charge in [0.15, 0.2) is 0 Å². The van der Waals surface area contributed by atoms with Gasteiger partial charge in [-0.3, -0.25) is 4.99 Å². The molecule has 0 saturated heterocycles. The fourth-order valence-electron chi connectivity index (χ4n) is 2.15. The molecule has 3 nitrogen and oxygen atoms in total. The first-order chi connectivity index (χ1) is 8.27. The van der Waals surface area contributed by atoms with Gasteiger partial charge >= 0.3 is 0 Å². The molecule has 0 N–H and O–H groups in total. The second-order valence-electron chi connectivity index (χ2n) is 3.94. The van der Waals surface area contributed by atoms with Gasteiger partial charge in [-0.1, -0.05) is 18.2 Å². The summed E-state index contributed by atoms with van der Waals surface area (Å²) in [6, 6.07) is 10.4. The molecule has 0 saturated carbocycles. The van der Waals surface area contributed by atoms with Crippen LogP contribution >= 0.6 is 0 Å². The normalized spacial score (nSPS) is 13.6. The maximum Gasteiger partial charge on any atom is 0.131 e. The molecular formula is C14H18N2O. The van der Waals surface area contributed by atoms with E-state index >= 15 is 0 Å². The van der Waals surface area contributed by atoms with Crippen molar-refractivity contribution in [1.82, 2.24) is 4.57 Å². The smallest absolute Gasteiger partial charge is 0.131 e. The van der Waals surface area contributed by atoms with Gasteiger partial charge < -0.3 is 9.30 Å². The van der Waals surface area contributed by atoms with E-state index in [0.717, 1.165) is 5.69 Å². The first-order valence-corrected chi connectivity index (χ1v) is 5.91. The molecular weight excluding hydrogens is 212 g/mol. The van der Waals surface area contributed by atoms with Crippen LogP contribution in [0.2, 0.25) is 0 Å². The molecule has 17 heavy (non-hydrogen) atoms. The van der Waals surface area contributed by atoms with Gasteiger partial charge in [0.2, 0.25) is 0 Å². The zero-order chi connectivity index (χ0) is 12.3. The fourth-order valence-corrected chi connectivity index (χ4v) is 2.15. The molecule has 0 aliphatic carbocycles. The zero-order valence-corrected chi connectivity index (χ0v) is 10.6. The summed E-state index contributed by atoms with van der Waals surface area (Å²) in [5.74, 6) is 0. The summed E-state index contributed by atoms with van der Waals surface area (Å²) in [7, 11) is 1.79. The Bertz CT molecular complexity index is 528. The highest BCUT2D eigenvalue weighted by atomic mass is 16.5. The summed E-state index contributed by atoms with van der Waals surface area (Å²) in [6.07, 6.45) is 1.89. The van der Waals surface area contributed by atoms with Gasteiger partial charge in [0, 0.05) is 25.3 Å². The number of para-hydroxylation sites is 1. The van der Waals surface area contributed by atoms with Crippen LogP contribution in [-0.4, -0.2) is 24.4 Å². The molecule has 1 aromatic carbocycles. The van der Waals surface area contributed by atoms with Crippen LogP contribution in [0, 0.1) is 0 Å². The van der Waals surface area contributed by atoms with Crippen molar-refractivity contribution >= 4 is 17.1 Å². The molecule has 2 rings (SSSR count). The van der Waals surface area contributed by atoms with Crippen LogP contribution < -0.4 is 0 Å². The summed E-state index contributed by atoms with van der Waals surface area (Å²) < 4.78 is 7.86. The van der Waals surface area contributed by atoms with Crippen LogP contribution in [0.15, 0.2) is 35.3 Å². The van der Waals surface area contributed by atoms with Crippen LogP contribution in [0.4, 0.5) is 0 Å². The van der Waals surface area contributed by atoms with E-state index in [0.29, 0.717) is 6.61 Å². The molecule has 1 unspecified atom stereocenters. The van der Waals surface area contributed by atoms with Crippen molar-refractivity contribution in [3.05, 3.63) is 36.0 Å². The Hall–Kier alpha value is -1.61. The Kier molecular flexibility index (Phi) is 3.59. The average molecular weight is 230 g/mol. The predicted octanol–water partition coefficient (Wildman–Crippen LogP) is 3.25. The van der Waals surface area contributed by atoms with Gasteiger partial charge in [0.25, 0.3) is 0 Å². The Morgan fingerprint density at radius 1 is 1.41 bits per heavy atom. The molecule has 2 aromatic rings. The maximum absolute atomic E-state index is 5.68. The SMILES string of the molecule is CCOC(C)n1c(/C=N/C)cc2ccccc21. The largest absolute Gasteiger partial charge is 0.359 e. The van der Waals surface area contributed by atoms with Gasteiger partial charge in [-0.05, 0) is 26.0 Å². The number of ether oxygens (including phenoxy) is 1. The number of fused-ring (bicyclic) bond motifs is 1. The Balaban J connectivity index is 2.59. The molecule has 0 amide bonds. The van der Waals surface area contributed by atoms with E-state index in [1.807, 2.05) is 25.3 Å². The van der Waals surface area contributed by atoms with Crippen molar-refractivity contribution in [3.8, 4) is 0 Å². The van der Waals surface area contributed by atoms with Gasteiger partial charge in [-0.25, -0.2) is 0 Å². The first kappa shape index (κ1) is 11.9. The number of nitrogens with zero attached hydrogens (tertiary/aromatic N) is 2. The van der Waals surface area contributed by atoms with E-state index < -0.39 is 0 Å². The quantitative estimate of drug-likeness (QED) is 0.740. The summed E-state index contributed by atoms with van der Waals surface area (Å²) in [5.41, 5.74) is 2.26. The lowest BCUT2D eigenvalue weighted by molar-refractivity contribution is 0.0278. The molecule has 1 aromatic heterocycles. The van der Waals surface area contributed by atoms with Crippen LogP contribution in [-0.2, 0) is 4.74 Å². The second kappa shape index (κ2) is 5.15. The number of aromatic nitrogens is 1. The van der Waals surface area contributed by atoms with Crippen molar-refractivity contribution < 1.29 is 4.74 Å². The molecule has 1 heterocycles. The third-order valence-electron chi connectivity index (χ3n) is 2.81. The highest BCUT2D eigenvalue weighted by Gasteiger charge is 2.12. The van der Waals surface area contributed by atoms with E-state index in [9.17, 15) is 0 Å². The second-order valence-corrected chi connectivity index (χ2v) is 3.94. The number of rotatable bonds is 4. The van der Waals surface area contributed by atoms with Crippen LogP contribution in [0.1, 0.15) is 25.8 Å². The van der Waals surface area contributed by atoms with Crippen molar-refractivity contribution in [2.75, 3.05) is 13.7 Å². The minimum atomic E-state index is 0.0212. The molecule has 1 atom stereocenters. The highest BCUT2D eigenvalue weighted by Crippen LogP contribution is 2.23. The van der Waals surface area contributed by atoms with Crippen LogP contribution in [0.3, 0.4) is 0 Å². The predicted molar refractivity (Wildman–Crippen MR) is 71.8 cm³/mol. The molecule has 0 aliphatic heterocycles. The van der Waals surface area contributed by atoms with E-state index in [1.165, 1.54) is 10.9 Å². The van der Waals surface area contributed by atoms with E-state index in [4.69, 9.17) is 4.74 Å². The van der Waals surface area contributed by atoms with Crippen molar-refractivity contribution in [2.45, 2.75) is 20.1 Å².